The van der Waals surface area contributed by atoms with Gasteiger partial charge in [-0.2, -0.15) is 0 Å². The summed E-state index contributed by atoms with van der Waals surface area (Å²) in [6.45, 7) is 5.92. The molecule has 2 N–H and O–H groups in total. The summed E-state index contributed by atoms with van der Waals surface area (Å²) in [5.41, 5.74) is -0.261. The van der Waals surface area contributed by atoms with E-state index in [9.17, 15) is 19.2 Å². The molecule has 0 radical (unpaired) electrons. The van der Waals surface area contributed by atoms with E-state index in [0.717, 1.165) is 11.3 Å². The Bertz CT molecular complexity index is 585. The number of carbonyl (C=O) groups is 4. The van der Waals surface area contributed by atoms with Crippen LogP contribution in [-0.2, 0) is 19.1 Å². The molecule has 0 saturated heterocycles. The lowest BCUT2D eigenvalue weighted by Gasteiger charge is -2.08. The van der Waals surface area contributed by atoms with Gasteiger partial charge in [0, 0.05) is 13.8 Å². The number of amides is 2. The van der Waals surface area contributed by atoms with Gasteiger partial charge >= 0.3 is 11.9 Å². The van der Waals surface area contributed by atoms with Crippen molar-refractivity contribution in [2.24, 2.45) is 0 Å². The molecule has 1 aromatic rings. The van der Waals surface area contributed by atoms with E-state index in [1.165, 1.54) is 13.8 Å². The van der Waals surface area contributed by atoms with Gasteiger partial charge in [-0.1, -0.05) is 11.3 Å². The quantitative estimate of drug-likeness (QED) is 0.765. The third-order valence-corrected chi connectivity index (χ3v) is 3.47. The molecule has 0 aliphatic rings. The Hall–Kier alpha value is -2.42. The van der Waals surface area contributed by atoms with Gasteiger partial charge in [-0.05, 0) is 13.8 Å². The lowest BCUT2D eigenvalue weighted by Crippen LogP contribution is -2.17. The number of hydrogen-bond acceptors (Lipinski definition) is 7. The molecule has 9 heteroatoms. The summed E-state index contributed by atoms with van der Waals surface area (Å²) in [6.07, 6.45) is 0. The summed E-state index contributed by atoms with van der Waals surface area (Å²) in [7, 11) is 0. The minimum Gasteiger partial charge on any atom is -0.462 e. The third kappa shape index (κ3) is 4.78. The molecule has 0 spiro atoms. The Kier molecular flexibility index (Phi) is 6.70. The smallest absolute Gasteiger partial charge is 0.342 e. The highest BCUT2D eigenvalue weighted by Crippen LogP contribution is 2.39. The lowest BCUT2D eigenvalue weighted by molar-refractivity contribution is -0.115. The normalized spacial score (nSPS) is 9.91. The largest absolute Gasteiger partial charge is 0.462 e. The number of esters is 2. The summed E-state index contributed by atoms with van der Waals surface area (Å²) >= 11 is 0.886. The van der Waals surface area contributed by atoms with Crippen molar-refractivity contribution in [2.75, 3.05) is 23.8 Å². The zero-order chi connectivity index (χ0) is 17.6. The number of nitrogens with one attached hydrogen (secondary N) is 2. The number of carbonyl (C=O) groups excluding carboxylic acids is 4. The fraction of sp³-hybridized carbons (Fsp3) is 0.429. The minimum atomic E-state index is -0.785. The van der Waals surface area contributed by atoms with Crippen LogP contribution in [-0.4, -0.2) is 37.0 Å². The van der Waals surface area contributed by atoms with Crippen molar-refractivity contribution in [3.05, 3.63) is 11.1 Å². The molecule has 2 amide bonds. The first-order valence-corrected chi connectivity index (χ1v) is 7.69. The Balaban J connectivity index is 3.51. The van der Waals surface area contributed by atoms with Crippen LogP contribution in [0.2, 0.25) is 0 Å². The molecule has 0 saturated carbocycles. The molecule has 1 aromatic heterocycles. The molecule has 0 aliphatic heterocycles. The van der Waals surface area contributed by atoms with E-state index in [1.807, 2.05) is 0 Å². The van der Waals surface area contributed by atoms with Gasteiger partial charge in [0.2, 0.25) is 11.8 Å². The van der Waals surface area contributed by atoms with E-state index in [-0.39, 0.29) is 34.3 Å². The molecule has 126 valence electrons. The van der Waals surface area contributed by atoms with Crippen molar-refractivity contribution in [1.82, 2.24) is 0 Å². The number of hydrogen-bond donors (Lipinski definition) is 2. The van der Waals surface area contributed by atoms with Crippen LogP contribution in [0.25, 0.3) is 0 Å². The van der Waals surface area contributed by atoms with Gasteiger partial charge in [0.25, 0.3) is 0 Å². The molecule has 0 atom stereocenters. The topological polar surface area (TPSA) is 111 Å². The van der Waals surface area contributed by atoms with Crippen molar-refractivity contribution in [3.63, 3.8) is 0 Å². The van der Waals surface area contributed by atoms with Gasteiger partial charge < -0.3 is 20.1 Å². The van der Waals surface area contributed by atoms with Crippen LogP contribution >= 0.6 is 11.3 Å². The summed E-state index contributed by atoms with van der Waals surface area (Å²) in [5.74, 6) is -2.43. The zero-order valence-corrected chi connectivity index (χ0v) is 14.1. The van der Waals surface area contributed by atoms with E-state index in [0.29, 0.717) is 0 Å². The molecule has 0 unspecified atom stereocenters. The average Bonchev–Trinajstić information content (AvgIpc) is 2.75. The summed E-state index contributed by atoms with van der Waals surface area (Å²) in [4.78, 5) is 47.0. The molecule has 8 nitrogen and oxygen atoms in total. The highest BCUT2D eigenvalue weighted by Gasteiger charge is 2.31. The van der Waals surface area contributed by atoms with Gasteiger partial charge in [0.15, 0.2) is 0 Å². The van der Waals surface area contributed by atoms with Gasteiger partial charge in [0.1, 0.15) is 21.1 Å². The van der Waals surface area contributed by atoms with Gasteiger partial charge in [-0.15, -0.1) is 0 Å². The highest BCUT2D eigenvalue weighted by molar-refractivity contribution is 7.21. The second-order valence-electron chi connectivity index (χ2n) is 4.31. The summed E-state index contributed by atoms with van der Waals surface area (Å²) in [6, 6.07) is 0. The zero-order valence-electron chi connectivity index (χ0n) is 13.3. The number of anilines is 2. The molecular formula is C14H18N2O6S. The molecule has 1 heterocycles. The van der Waals surface area contributed by atoms with Crippen LogP contribution in [0.15, 0.2) is 0 Å². The van der Waals surface area contributed by atoms with Crippen molar-refractivity contribution in [2.45, 2.75) is 27.7 Å². The molecule has 0 aromatic carbocycles. The van der Waals surface area contributed by atoms with Crippen molar-refractivity contribution in [1.29, 1.82) is 0 Å². The SMILES string of the molecule is CCOC(=O)c1c(NC(C)=O)sc(NC(C)=O)c1C(=O)OCC. The molecule has 0 fully saturated rings. The van der Waals surface area contributed by atoms with Crippen molar-refractivity contribution in [3.8, 4) is 0 Å². The second kappa shape index (κ2) is 8.28. The first kappa shape index (κ1) is 18.6. The highest BCUT2D eigenvalue weighted by atomic mass is 32.1. The van der Waals surface area contributed by atoms with Crippen LogP contribution in [0.1, 0.15) is 48.4 Å². The van der Waals surface area contributed by atoms with E-state index in [1.54, 1.807) is 13.8 Å². The minimum absolute atomic E-state index is 0.0892. The lowest BCUT2D eigenvalue weighted by atomic mass is 10.1. The average molecular weight is 342 g/mol. The van der Waals surface area contributed by atoms with Gasteiger partial charge in [0.05, 0.1) is 13.2 Å². The Morgan fingerprint density at radius 3 is 1.43 bits per heavy atom. The Morgan fingerprint density at radius 2 is 1.17 bits per heavy atom. The molecular weight excluding hydrogens is 324 g/mol. The van der Waals surface area contributed by atoms with Gasteiger partial charge in [-0.25, -0.2) is 9.59 Å². The first-order valence-electron chi connectivity index (χ1n) is 6.87. The fourth-order valence-corrected chi connectivity index (χ4v) is 2.89. The summed E-state index contributed by atoms with van der Waals surface area (Å²) < 4.78 is 9.87. The van der Waals surface area contributed by atoms with Crippen LogP contribution in [0.5, 0.6) is 0 Å². The standard InChI is InChI=1S/C14H18N2O6S/c1-5-21-13(19)9-10(14(20)22-6-2)12(16-8(4)18)23-11(9)15-7(3)17/h5-6H2,1-4H3,(H,15,17)(H,16,18). The number of ether oxygens (including phenoxy) is 2. The maximum Gasteiger partial charge on any atom is 0.342 e. The number of rotatable bonds is 6. The van der Waals surface area contributed by atoms with E-state index >= 15 is 0 Å². The van der Waals surface area contributed by atoms with Gasteiger partial charge in [-0.3, -0.25) is 9.59 Å². The van der Waals surface area contributed by atoms with E-state index in [2.05, 4.69) is 10.6 Å². The van der Waals surface area contributed by atoms with Crippen LogP contribution in [0, 0.1) is 0 Å². The van der Waals surface area contributed by atoms with E-state index < -0.39 is 23.8 Å². The molecule has 23 heavy (non-hydrogen) atoms. The Morgan fingerprint density at radius 1 is 0.826 bits per heavy atom. The second-order valence-corrected chi connectivity index (χ2v) is 5.33. The monoisotopic (exact) mass is 342 g/mol. The third-order valence-electron chi connectivity index (χ3n) is 2.45. The predicted octanol–water partition coefficient (Wildman–Crippen LogP) is 2.02. The first-order chi connectivity index (χ1) is 10.8. The van der Waals surface area contributed by atoms with Crippen LogP contribution in [0.3, 0.4) is 0 Å². The summed E-state index contributed by atoms with van der Waals surface area (Å²) in [5, 5.41) is 5.15. The molecule has 0 bridgehead atoms. The molecule has 0 aliphatic carbocycles. The van der Waals surface area contributed by atoms with Crippen molar-refractivity contribution < 1.29 is 28.7 Å². The predicted molar refractivity (Wildman–Crippen MR) is 84.8 cm³/mol. The molecule has 1 rings (SSSR count). The maximum atomic E-state index is 12.2. The van der Waals surface area contributed by atoms with E-state index in [4.69, 9.17) is 9.47 Å². The Labute approximate surface area is 137 Å². The van der Waals surface area contributed by atoms with Crippen LogP contribution < -0.4 is 10.6 Å². The maximum absolute atomic E-state index is 12.2. The van der Waals surface area contributed by atoms with Crippen LogP contribution in [0.4, 0.5) is 10.0 Å². The van der Waals surface area contributed by atoms with Crippen molar-refractivity contribution >= 4 is 45.1 Å². The number of thiophene rings is 1. The fourth-order valence-electron chi connectivity index (χ4n) is 1.72.